The van der Waals surface area contributed by atoms with Crippen molar-refractivity contribution < 1.29 is 22.0 Å². The molecular weight excluding hydrogens is 521 g/mol. The number of nitrogens with zero attached hydrogens (tertiary/aromatic N) is 3. The van der Waals surface area contributed by atoms with Gasteiger partial charge < -0.3 is 0 Å². The predicted molar refractivity (Wildman–Crippen MR) is 148 cm³/mol. The van der Waals surface area contributed by atoms with E-state index in [2.05, 4.69) is 20.9 Å². The lowest BCUT2D eigenvalue weighted by Crippen LogP contribution is -2.11. The second-order valence-electron chi connectivity index (χ2n) is 9.15. The van der Waals surface area contributed by atoms with Crippen LogP contribution in [0.1, 0.15) is 42.1 Å². The van der Waals surface area contributed by atoms with Crippen LogP contribution in [0.15, 0.2) is 88.1 Å². The zero-order chi connectivity index (χ0) is 28.9. The van der Waals surface area contributed by atoms with E-state index in [1.54, 1.807) is 25.4 Å². The first-order valence-electron chi connectivity index (χ1n) is 12.6. The fraction of sp³-hybridized carbons (Fsp3) is 0.219. The summed E-state index contributed by atoms with van der Waals surface area (Å²) in [4.78, 5) is 13.1. The lowest BCUT2D eigenvalue weighted by atomic mass is 9.92. The van der Waals surface area contributed by atoms with Crippen LogP contribution in [0.4, 0.5) is 22.0 Å². The van der Waals surface area contributed by atoms with Crippen molar-refractivity contribution in [3.63, 3.8) is 0 Å². The zero-order valence-electron chi connectivity index (χ0n) is 21.9. The van der Waals surface area contributed by atoms with Gasteiger partial charge >= 0.3 is 6.18 Å². The molecule has 2 heterocycles. The van der Waals surface area contributed by atoms with Gasteiger partial charge in [-0.25, -0.2) is 8.78 Å². The zero-order valence-corrected chi connectivity index (χ0v) is 21.9. The van der Waals surface area contributed by atoms with Crippen LogP contribution < -0.4 is 0 Å². The summed E-state index contributed by atoms with van der Waals surface area (Å²) in [6.07, 6.45) is 9.55. The Hall–Kier alpha value is -4.38. The van der Waals surface area contributed by atoms with Crippen LogP contribution >= 0.6 is 0 Å². The van der Waals surface area contributed by atoms with Gasteiger partial charge in [0.15, 0.2) is 11.6 Å². The van der Waals surface area contributed by atoms with E-state index in [0.29, 0.717) is 36.2 Å². The van der Waals surface area contributed by atoms with Crippen molar-refractivity contribution in [3.05, 3.63) is 112 Å². The van der Waals surface area contributed by atoms with Crippen molar-refractivity contribution >= 4 is 11.9 Å². The summed E-state index contributed by atoms with van der Waals surface area (Å²) in [7, 11) is 1.64. The molecule has 8 heteroatoms. The molecular formula is C32H26F5N3. The Morgan fingerprint density at radius 3 is 2.52 bits per heavy atom. The molecule has 0 aliphatic carbocycles. The van der Waals surface area contributed by atoms with E-state index in [0.717, 1.165) is 23.4 Å². The number of aliphatic imine (C=N–C) groups is 2. The maximum atomic E-state index is 14.5. The standard InChI is InChI=1S/C32H26F5N3/c1-4-20-13-16-24(27(17-20)32(35,36)37)21-14-15-22(39-18-21)9-6-7-12-29-26(19-38-3)23(5-2)31(40-29)25-10-8-11-28(33)30(25)34/h1,5,8,10-19,26H,6-7,9H2,2-3H3/b23-5+,29-12+,38-19?. The number of rotatable bonds is 7. The van der Waals surface area contributed by atoms with Crippen molar-refractivity contribution in [1.29, 1.82) is 0 Å². The SMILES string of the molecule is C#Cc1ccc(-c2ccc(CCC/C=C3N=C(c4cccc(F)c4F)/C(=C/C)C/3C=NC)nc2)c(C(F)(F)F)c1. The maximum absolute atomic E-state index is 14.5. The number of halogens is 5. The molecule has 1 aliphatic heterocycles. The highest BCUT2D eigenvalue weighted by Crippen LogP contribution is 2.38. The molecule has 0 saturated heterocycles. The number of benzene rings is 2. The second-order valence-corrected chi connectivity index (χ2v) is 9.15. The van der Waals surface area contributed by atoms with Crippen molar-refractivity contribution in [2.45, 2.75) is 32.4 Å². The number of pyridine rings is 1. The van der Waals surface area contributed by atoms with Gasteiger partial charge in [-0.3, -0.25) is 15.0 Å². The monoisotopic (exact) mass is 547 g/mol. The van der Waals surface area contributed by atoms with Gasteiger partial charge in [-0.15, -0.1) is 6.42 Å². The molecule has 0 N–H and O–H groups in total. The highest BCUT2D eigenvalue weighted by atomic mass is 19.4. The van der Waals surface area contributed by atoms with E-state index >= 15 is 0 Å². The van der Waals surface area contributed by atoms with Crippen molar-refractivity contribution in [2.24, 2.45) is 15.9 Å². The highest BCUT2D eigenvalue weighted by molar-refractivity contribution is 6.17. The molecule has 1 atom stereocenters. The number of unbranched alkanes of at least 4 members (excludes halogenated alkanes) is 1. The lowest BCUT2D eigenvalue weighted by Gasteiger charge is -2.13. The Bertz CT molecular complexity index is 1550. The molecule has 0 saturated carbocycles. The highest BCUT2D eigenvalue weighted by Gasteiger charge is 2.34. The van der Waals surface area contributed by atoms with E-state index in [9.17, 15) is 22.0 Å². The molecule has 2 aromatic carbocycles. The number of allylic oxidation sites excluding steroid dienone is 3. The van der Waals surface area contributed by atoms with Crippen molar-refractivity contribution in [2.75, 3.05) is 7.05 Å². The van der Waals surface area contributed by atoms with E-state index in [4.69, 9.17) is 6.42 Å². The molecule has 4 rings (SSSR count). The van der Waals surface area contributed by atoms with E-state index in [1.807, 2.05) is 19.1 Å². The minimum atomic E-state index is -4.55. The third-order valence-corrected chi connectivity index (χ3v) is 6.60. The lowest BCUT2D eigenvalue weighted by molar-refractivity contribution is -0.137. The van der Waals surface area contributed by atoms with Crippen LogP contribution in [-0.2, 0) is 12.6 Å². The molecule has 0 amide bonds. The molecule has 3 nitrogen and oxygen atoms in total. The normalized spacial score (nSPS) is 17.6. The van der Waals surface area contributed by atoms with E-state index < -0.39 is 23.4 Å². The first kappa shape index (κ1) is 28.6. The summed E-state index contributed by atoms with van der Waals surface area (Å²) < 4.78 is 69.2. The Morgan fingerprint density at radius 2 is 1.88 bits per heavy atom. The summed E-state index contributed by atoms with van der Waals surface area (Å²) in [6, 6.07) is 11.1. The molecule has 40 heavy (non-hydrogen) atoms. The number of terminal acetylenes is 1. The molecule has 0 spiro atoms. The number of aryl methyl sites for hydroxylation is 1. The first-order chi connectivity index (χ1) is 19.2. The Kier molecular flexibility index (Phi) is 8.73. The van der Waals surface area contributed by atoms with Crippen molar-refractivity contribution in [1.82, 2.24) is 4.98 Å². The number of alkyl halides is 3. The van der Waals surface area contributed by atoms with Gasteiger partial charge in [0.25, 0.3) is 0 Å². The van der Waals surface area contributed by atoms with Gasteiger partial charge in [0.2, 0.25) is 0 Å². The molecule has 3 aromatic rings. The quantitative estimate of drug-likeness (QED) is 0.128. The van der Waals surface area contributed by atoms with Gasteiger partial charge in [-0.1, -0.05) is 36.3 Å². The Balaban J connectivity index is 1.49. The van der Waals surface area contributed by atoms with Gasteiger partial charge in [0.05, 0.1) is 22.9 Å². The third kappa shape index (κ3) is 6.09. The van der Waals surface area contributed by atoms with Gasteiger partial charge in [0.1, 0.15) is 0 Å². The van der Waals surface area contributed by atoms with Crippen LogP contribution in [0.25, 0.3) is 11.1 Å². The molecule has 1 unspecified atom stereocenters. The van der Waals surface area contributed by atoms with E-state index in [1.165, 1.54) is 30.5 Å². The predicted octanol–water partition coefficient (Wildman–Crippen LogP) is 8.00. The number of aromatic nitrogens is 1. The molecule has 204 valence electrons. The second kappa shape index (κ2) is 12.2. The summed E-state index contributed by atoms with van der Waals surface area (Å²) >= 11 is 0. The number of hydrogen-bond acceptors (Lipinski definition) is 3. The summed E-state index contributed by atoms with van der Waals surface area (Å²) in [5.74, 6) is 0.0682. The average Bonchev–Trinajstić information content (AvgIpc) is 3.29. The minimum absolute atomic E-state index is 0.0170. The molecule has 1 aliphatic rings. The van der Waals surface area contributed by atoms with Gasteiger partial charge in [-0.2, -0.15) is 13.2 Å². The molecule has 0 radical (unpaired) electrons. The average molecular weight is 548 g/mol. The topological polar surface area (TPSA) is 37.6 Å². The van der Waals surface area contributed by atoms with E-state index in [-0.39, 0.29) is 22.6 Å². The Labute approximate surface area is 229 Å². The van der Waals surface area contributed by atoms with Crippen LogP contribution in [0, 0.1) is 29.9 Å². The summed E-state index contributed by atoms with van der Waals surface area (Å²) in [6.45, 7) is 1.82. The smallest absolute Gasteiger partial charge is 0.300 e. The number of hydrogen-bond donors (Lipinski definition) is 0. The summed E-state index contributed by atoms with van der Waals surface area (Å²) in [5.41, 5.74) is 2.35. The minimum Gasteiger partial charge on any atom is -0.300 e. The fourth-order valence-corrected chi connectivity index (χ4v) is 4.65. The van der Waals surface area contributed by atoms with Crippen LogP contribution in [-0.4, -0.2) is 24.0 Å². The molecule has 0 fully saturated rings. The van der Waals surface area contributed by atoms with Crippen LogP contribution in [0.5, 0.6) is 0 Å². The van der Waals surface area contributed by atoms with Crippen LogP contribution in [0.2, 0.25) is 0 Å². The first-order valence-corrected chi connectivity index (χ1v) is 12.6. The van der Waals surface area contributed by atoms with Gasteiger partial charge in [0, 0.05) is 41.8 Å². The maximum Gasteiger partial charge on any atom is 0.417 e. The van der Waals surface area contributed by atoms with Crippen molar-refractivity contribution in [3.8, 4) is 23.5 Å². The Morgan fingerprint density at radius 1 is 1.07 bits per heavy atom. The van der Waals surface area contributed by atoms with Crippen LogP contribution in [0.3, 0.4) is 0 Å². The van der Waals surface area contributed by atoms with Gasteiger partial charge in [-0.05, 0) is 67.7 Å². The molecule has 0 bridgehead atoms. The largest absolute Gasteiger partial charge is 0.417 e. The third-order valence-electron chi connectivity index (χ3n) is 6.60. The fourth-order valence-electron chi connectivity index (χ4n) is 4.65. The molecule has 1 aromatic heterocycles. The summed E-state index contributed by atoms with van der Waals surface area (Å²) in [5, 5.41) is 0.